The quantitative estimate of drug-likeness (QED) is 0.639. The fraction of sp³-hybridized carbons (Fsp3) is 1.00. The number of piperazine rings is 1. The maximum Gasteiger partial charge on any atom is 0.0594 e. The third-order valence-electron chi connectivity index (χ3n) is 3.66. The van der Waals surface area contributed by atoms with Crippen LogP contribution in [0.3, 0.4) is 0 Å². The van der Waals surface area contributed by atoms with Gasteiger partial charge in [0.1, 0.15) is 0 Å². The first-order valence-electron chi connectivity index (χ1n) is 7.84. The number of nitrogens with zero attached hydrogens (tertiary/aromatic N) is 2. The van der Waals surface area contributed by atoms with Crippen molar-refractivity contribution in [1.82, 2.24) is 15.1 Å². The standard InChI is InChI=1S/C15H33N3O/c1-14(2)13-16-5-11-19-12-10-17-6-8-18(9-7-17)15(3)4/h14-16H,5-13H2,1-4H3. The molecule has 1 saturated heterocycles. The average molecular weight is 271 g/mol. The molecular weight excluding hydrogens is 238 g/mol. The van der Waals surface area contributed by atoms with Gasteiger partial charge in [0, 0.05) is 45.3 Å². The molecule has 0 aliphatic carbocycles. The van der Waals surface area contributed by atoms with Gasteiger partial charge in [0.25, 0.3) is 0 Å². The second kappa shape index (κ2) is 9.70. The van der Waals surface area contributed by atoms with Gasteiger partial charge in [0.15, 0.2) is 0 Å². The lowest BCUT2D eigenvalue weighted by molar-refractivity contribution is 0.0673. The molecular formula is C15H33N3O. The zero-order chi connectivity index (χ0) is 14.1. The highest BCUT2D eigenvalue weighted by Gasteiger charge is 2.17. The molecule has 19 heavy (non-hydrogen) atoms. The van der Waals surface area contributed by atoms with Crippen molar-refractivity contribution in [3.8, 4) is 0 Å². The first-order valence-corrected chi connectivity index (χ1v) is 7.84. The molecule has 0 bridgehead atoms. The first-order chi connectivity index (χ1) is 9.09. The van der Waals surface area contributed by atoms with Crippen LogP contribution >= 0.6 is 0 Å². The van der Waals surface area contributed by atoms with Gasteiger partial charge in [0.05, 0.1) is 13.2 Å². The summed E-state index contributed by atoms with van der Waals surface area (Å²) in [5.74, 6) is 0.720. The van der Waals surface area contributed by atoms with E-state index in [-0.39, 0.29) is 0 Å². The Balaban J connectivity index is 1.91. The summed E-state index contributed by atoms with van der Waals surface area (Å²) in [4.78, 5) is 5.06. The van der Waals surface area contributed by atoms with Crippen molar-refractivity contribution < 1.29 is 4.74 Å². The summed E-state index contributed by atoms with van der Waals surface area (Å²) in [6, 6.07) is 0.686. The minimum absolute atomic E-state index is 0.686. The molecule has 0 amide bonds. The van der Waals surface area contributed by atoms with E-state index in [4.69, 9.17) is 4.74 Å². The molecule has 0 aromatic carbocycles. The topological polar surface area (TPSA) is 27.7 Å². The SMILES string of the molecule is CC(C)CNCCOCCN1CCN(C(C)C)CC1. The van der Waals surface area contributed by atoms with Crippen LogP contribution in [0.1, 0.15) is 27.7 Å². The van der Waals surface area contributed by atoms with Crippen molar-refractivity contribution in [1.29, 1.82) is 0 Å². The smallest absolute Gasteiger partial charge is 0.0594 e. The Kier molecular flexibility index (Phi) is 8.62. The average Bonchev–Trinajstić information content (AvgIpc) is 2.38. The summed E-state index contributed by atoms with van der Waals surface area (Å²) in [6.07, 6.45) is 0. The lowest BCUT2D eigenvalue weighted by Crippen LogP contribution is -2.49. The van der Waals surface area contributed by atoms with Crippen LogP contribution in [0.15, 0.2) is 0 Å². The second-order valence-electron chi connectivity index (χ2n) is 6.18. The Morgan fingerprint density at radius 1 is 1.00 bits per heavy atom. The molecule has 114 valence electrons. The number of hydrogen-bond donors (Lipinski definition) is 1. The van der Waals surface area contributed by atoms with Crippen molar-refractivity contribution in [3.63, 3.8) is 0 Å². The molecule has 0 unspecified atom stereocenters. The minimum Gasteiger partial charge on any atom is -0.379 e. The molecule has 1 N–H and O–H groups in total. The van der Waals surface area contributed by atoms with Crippen molar-refractivity contribution >= 4 is 0 Å². The van der Waals surface area contributed by atoms with Crippen LogP contribution in [0.25, 0.3) is 0 Å². The van der Waals surface area contributed by atoms with Gasteiger partial charge in [-0.3, -0.25) is 9.80 Å². The van der Waals surface area contributed by atoms with Crippen LogP contribution in [0, 0.1) is 5.92 Å². The lowest BCUT2D eigenvalue weighted by atomic mass is 10.2. The molecule has 1 aliphatic rings. The van der Waals surface area contributed by atoms with E-state index in [9.17, 15) is 0 Å². The largest absolute Gasteiger partial charge is 0.379 e. The van der Waals surface area contributed by atoms with Crippen LogP contribution in [0.2, 0.25) is 0 Å². The molecule has 1 heterocycles. The molecule has 0 spiro atoms. The summed E-state index contributed by atoms with van der Waals surface area (Å²) in [7, 11) is 0. The van der Waals surface area contributed by atoms with Gasteiger partial charge in [0.2, 0.25) is 0 Å². The Morgan fingerprint density at radius 3 is 2.26 bits per heavy atom. The Labute approximate surface area is 119 Å². The van der Waals surface area contributed by atoms with E-state index in [2.05, 4.69) is 42.8 Å². The van der Waals surface area contributed by atoms with Crippen LogP contribution < -0.4 is 5.32 Å². The van der Waals surface area contributed by atoms with E-state index in [0.717, 1.165) is 38.8 Å². The summed E-state index contributed by atoms with van der Waals surface area (Å²) < 4.78 is 5.67. The number of rotatable bonds is 9. The van der Waals surface area contributed by atoms with Gasteiger partial charge in [-0.25, -0.2) is 0 Å². The summed E-state index contributed by atoms with van der Waals surface area (Å²) >= 11 is 0. The Morgan fingerprint density at radius 2 is 1.68 bits per heavy atom. The monoisotopic (exact) mass is 271 g/mol. The molecule has 0 radical (unpaired) electrons. The molecule has 0 aromatic rings. The van der Waals surface area contributed by atoms with E-state index >= 15 is 0 Å². The van der Waals surface area contributed by atoms with Gasteiger partial charge < -0.3 is 10.1 Å². The third-order valence-corrected chi connectivity index (χ3v) is 3.66. The summed E-state index contributed by atoms with van der Waals surface area (Å²) in [6.45, 7) is 18.6. The lowest BCUT2D eigenvalue weighted by Gasteiger charge is -2.36. The fourth-order valence-electron chi connectivity index (χ4n) is 2.33. The van der Waals surface area contributed by atoms with E-state index in [1.807, 2.05) is 0 Å². The molecule has 1 aliphatic heterocycles. The third kappa shape index (κ3) is 7.88. The van der Waals surface area contributed by atoms with E-state index in [1.54, 1.807) is 0 Å². The predicted octanol–water partition coefficient (Wildman–Crippen LogP) is 1.27. The van der Waals surface area contributed by atoms with E-state index in [1.165, 1.54) is 26.2 Å². The van der Waals surface area contributed by atoms with Crippen molar-refractivity contribution in [2.24, 2.45) is 5.92 Å². The maximum atomic E-state index is 5.67. The van der Waals surface area contributed by atoms with Crippen molar-refractivity contribution in [2.45, 2.75) is 33.7 Å². The molecule has 0 atom stereocenters. The highest BCUT2D eigenvalue weighted by molar-refractivity contribution is 4.73. The van der Waals surface area contributed by atoms with Gasteiger partial charge in [-0.15, -0.1) is 0 Å². The Hall–Kier alpha value is -0.160. The summed E-state index contributed by atoms with van der Waals surface area (Å²) in [5, 5.41) is 3.40. The first kappa shape index (κ1) is 16.9. The number of nitrogens with one attached hydrogen (secondary N) is 1. The van der Waals surface area contributed by atoms with Gasteiger partial charge in [-0.05, 0) is 26.3 Å². The van der Waals surface area contributed by atoms with E-state index in [0.29, 0.717) is 6.04 Å². The predicted molar refractivity (Wildman–Crippen MR) is 81.7 cm³/mol. The highest BCUT2D eigenvalue weighted by Crippen LogP contribution is 2.05. The van der Waals surface area contributed by atoms with Crippen molar-refractivity contribution in [2.75, 3.05) is 59.0 Å². The van der Waals surface area contributed by atoms with Crippen LogP contribution in [-0.4, -0.2) is 74.9 Å². The Bertz CT molecular complexity index is 213. The van der Waals surface area contributed by atoms with Gasteiger partial charge >= 0.3 is 0 Å². The summed E-state index contributed by atoms with van der Waals surface area (Å²) in [5.41, 5.74) is 0. The van der Waals surface area contributed by atoms with Crippen molar-refractivity contribution in [3.05, 3.63) is 0 Å². The molecule has 4 heteroatoms. The normalized spacial score (nSPS) is 18.6. The molecule has 4 nitrogen and oxygen atoms in total. The van der Waals surface area contributed by atoms with Crippen LogP contribution in [-0.2, 0) is 4.74 Å². The molecule has 1 fully saturated rings. The van der Waals surface area contributed by atoms with Crippen LogP contribution in [0.5, 0.6) is 0 Å². The second-order valence-corrected chi connectivity index (χ2v) is 6.18. The number of ether oxygens (including phenoxy) is 1. The van der Waals surface area contributed by atoms with Gasteiger partial charge in [-0.2, -0.15) is 0 Å². The molecule has 0 aromatic heterocycles. The zero-order valence-electron chi connectivity index (χ0n) is 13.3. The highest BCUT2D eigenvalue weighted by atomic mass is 16.5. The number of hydrogen-bond acceptors (Lipinski definition) is 4. The van der Waals surface area contributed by atoms with Gasteiger partial charge in [-0.1, -0.05) is 13.8 Å². The van der Waals surface area contributed by atoms with Crippen LogP contribution in [0.4, 0.5) is 0 Å². The molecule has 1 rings (SSSR count). The fourth-order valence-corrected chi connectivity index (χ4v) is 2.33. The minimum atomic E-state index is 0.686. The molecule has 0 saturated carbocycles. The zero-order valence-corrected chi connectivity index (χ0v) is 13.3. The van der Waals surface area contributed by atoms with E-state index < -0.39 is 0 Å². The maximum absolute atomic E-state index is 5.67.